The molecule has 8 rings (SSSR count). The van der Waals surface area contributed by atoms with Crippen LogP contribution in [0.3, 0.4) is 0 Å². The zero-order valence-corrected chi connectivity index (χ0v) is 33.3. The molecule has 2 aromatic carbocycles. The number of halogens is 3. The quantitative estimate of drug-likeness (QED) is 0.0942. The van der Waals surface area contributed by atoms with Gasteiger partial charge in [0, 0.05) is 50.6 Å². The molecular weight excluding hydrogens is 834 g/mol. The van der Waals surface area contributed by atoms with Crippen LogP contribution in [-0.2, 0) is 27.3 Å². The number of aromatic nitrogens is 6. The first kappa shape index (κ1) is 42.6. The van der Waals surface area contributed by atoms with Gasteiger partial charge in [0.25, 0.3) is 0 Å². The number of imidazole rings is 1. The summed E-state index contributed by atoms with van der Waals surface area (Å²) >= 11 is 0. The van der Waals surface area contributed by atoms with Gasteiger partial charge in [-0.25, -0.2) is 14.6 Å². The van der Waals surface area contributed by atoms with Gasteiger partial charge in [0.15, 0.2) is 29.0 Å². The van der Waals surface area contributed by atoms with Crippen molar-refractivity contribution in [2.75, 3.05) is 29.9 Å². The molecule has 2 amide bonds. The normalized spacial score (nSPS) is 20.0. The Morgan fingerprint density at radius 2 is 1.67 bits per heavy atom. The van der Waals surface area contributed by atoms with Crippen LogP contribution in [0.2, 0.25) is 0 Å². The second-order valence-electron chi connectivity index (χ2n) is 14.9. The Hall–Kier alpha value is -7.04. The molecular formula is C41H41F3N10O9. The molecule has 0 saturated carbocycles. The topological polar surface area (TPSA) is 247 Å². The Kier molecular flexibility index (Phi) is 12.0. The highest BCUT2D eigenvalue weighted by molar-refractivity contribution is 5.85. The predicted molar refractivity (Wildman–Crippen MR) is 214 cm³/mol. The van der Waals surface area contributed by atoms with Gasteiger partial charge in [-0.15, -0.1) is 5.06 Å². The van der Waals surface area contributed by atoms with Gasteiger partial charge in [-0.3, -0.25) is 9.55 Å². The number of phenolic OH excluding ortho intramolecular Hbond substituents is 2. The van der Waals surface area contributed by atoms with Crippen molar-refractivity contribution in [3.05, 3.63) is 114 Å². The van der Waals surface area contributed by atoms with Gasteiger partial charge in [0.1, 0.15) is 29.8 Å². The number of pyridine rings is 1. The number of carbonyl (C=O) groups excluding carboxylic acids is 2. The van der Waals surface area contributed by atoms with Gasteiger partial charge in [0.2, 0.25) is 5.95 Å². The molecule has 5 atom stereocenters. The van der Waals surface area contributed by atoms with Crippen LogP contribution in [0.1, 0.15) is 59.7 Å². The molecule has 6 N–H and O–H groups in total. The number of fused-ring (bicyclic) bond motifs is 1. The minimum absolute atomic E-state index is 0.0202. The van der Waals surface area contributed by atoms with E-state index in [0.717, 1.165) is 11.1 Å². The van der Waals surface area contributed by atoms with Gasteiger partial charge >= 0.3 is 18.2 Å². The molecule has 19 nitrogen and oxygen atoms in total. The third-order valence-electron chi connectivity index (χ3n) is 10.8. The van der Waals surface area contributed by atoms with Crippen molar-refractivity contribution in [1.82, 2.24) is 40.0 Å². The third kappa shape index (κ3) is 9.13. The Balaban J connectivity index is 1.13. The summed E-state index contributed by atoms with van der Waals surface area (Å²) in [5, 5.41) is 52.7. The molecule has 0 aliphatic carbocycles. The lowest BCUT2D eigenvalue weighted by Crippen LogP contribution is -2.49. The smallest absolute Gasteiger partial charge is 0.493 e. The van der Waals surface area contributed by atoms with Crippen LogP contribution in [0.25, 0.3) is 11.2 Å². The van der Waals surface area contributed by atoms with Crippen LogP contribution in [0.15, 0.2) is 90.0 Å². The Morgan fingerprint density at radius 3 is 2.30 bits per heavy atom. The maximum atomic E-state index is 13.5. The molecule has 6 heterocycles. The van der Waals surface area contributed by atoms with Gasteiger partial charge in [-0.1, -0.05) is 36.3 Å². The molecule has 2 aliphatic heterocycles. The van der Waals surface area contributed by atoms with E-state index < -0.39 is 48.8 Å². The van der Waals surface area contributed by atoms with E-state index in [2.05, 4.69) is 30.6 Å². The highest BCUT2D eigenvalue weighted by Crippen LogP contribution is 2.41. The number of rotatable bonds is 12. The van der Waals surface area contributed by atoms with Crippen molar-refractivity contribution in [1.29, 1.82) is 0 Å². The number of aryl methyl sites for hydroxylation is 1. The van der Waals surface area contributed by atoms with Gasteiger partial charge < -0.3 is 50.1 Å². The number of hydroxylamine groups is 2. The zero-order valence-electron chi connectivity index (χ0n) is 33.3. The molecule has 0 radical (unpaired) electrons. The van der Waals surface area contributed by atoms with Crippen LogP contribution in [0.5, 0.6) is 11.5 Å². The van der Waals surface area contributed by atoms with Crippen molar-refractivity contribution < 1.29 is 57.3 Å². The molecule has 330 valence electrons. The van der Waals surface area contributed by atoms with Crippen LogP contribution < -0.4 is 15.5 Å². The van der Waals surface area contributed by atoms with Gasteiger partial charge in [-0.2, -0.15) is 23.1 Å². The summed E-state index contributed by atoms with van der Waals surface area (Å²) < 4.78 is 53.5. The number of phenols is 2. The van der Waals surface area contributed by atoms with E-state index in [-0.39, 0.29) is 78.7 Å². The number of hydrogen-bond donors (Lipinski definition) is 6. The Morgan fingerprint density at radius 1 is 0.984 bits per heavy atom. The van der Waals surface area contributed by atoms with Gasteiger partial charge in [0.05, 0.1) is 18.1 Å². The fraction of sp³-hybridized carbons (Fsp3) is 0.341. The van der Waals surface area contributed by atoms with E-state index in [9.17, 15) is 43.2 Å². The first-order valence-electron chi connectivity index (χ1n) is 19.8. The number of alkyl halides is 3. The maximum Gasteiger partial charge on any atom is 0.493 e. The second kappa shape index (κ2) is 17.7. The fourth-order valence-electron chi connectivity index (χ4n) is 7.44. The number of nitrogens with zero attached hydrogens (tertiary/aromatic N) is 8. The lowest BCUT2D eigenvalue weighted by molar-refractivity contribution is -0.232. The number of ether oxygens (including phenoxy) is 1. The number of aromatic hydroxyl groups is 2. The number of amides is 2. The molecule has 0 spiro atoms. The first-order valence-corrected chi connectivity index (χ1v) is 19.8. The highest BCUT2D eigenvalue weighted by atomic mass is 19.4. The molecule has 0 unspecified atom stereocenters. The Bertz CT molecular complexity index is 2500. The van der Waals surface area contributed by atoms with E-state index in [1.165, 1.54) is 23.3 Å². The maximum absolute atomic E-state index is 13.5. The number of aliphatic hydroxyl groups excluding tert-OH is 2. The number of nitrogens with one attached hydrogen (secondary N) is 2. The van der Waals surface area contributed by atoms with Crippen molar-refractivity contribution in [3.63, 3.8) is 0 Å². The van der Waals surface area contributed by atoms with E-state index in [1.54, 1.807) is 71.6 Å². The SMILES string of the molecule is CCc1cc([C@H]2O[C@@H](n3cnc4c(NCC(c5ccc(O)cc5)c5ccc(O)cc5)nc(N5CC[C@@H](N(OC(=O)C(F)(F)F)C(=O)NCc6ccncc6)C5)nc43)[C@@H](O)[C@@H]2O)on1. The molecule has 2 aliphatic rings. The molecule has 2 fully saturated rings. The van der Waals surface area contributed by atoms with Crippen LogP contribution >= 0.6 is 0 Å². The standard InChI is InChI=1S/C41H41F3N10O9/c1-2-25-17-30(62-51-25)34-32(57)33(58)37(61-34)53-21-48-31-35(46-19-29(23-3-7-27(55)8-4-23)24-5-9-28(56)10-6-24)49-39(50-36(31)53)52-16-13-26(20-52)54(63-38(59)41(42,43)44)40(60)47-18-22-11-14-45-15-12-22/h3-12,14-15,17,21,26,29,32-34,37,55-58H,2,13,16,18-20H2,1H3,(H,47,60)(H,46,49,50)/t26-,32+,33+,34-,37-/m1/s1. The fourth-order valence-corrected chi connectivity index (χ4v) is 7.44. The largest absolute Gasteiger partial charge is 0.508 e. The lowest BCUT2D eigenvalue weighted by Gasteiger charge is -2.27. The summed E-state index contributed by atoms with van der Waals surface area (Å²) in [4.78, 5) is 49.8. The van der Waals surface area contributed by atoms with Crippen LogP contribution in [-0.4, -0.2) is 111 Å². The highest BCUT2D eigenvalue weighted by Gasteiger charge is 2.48. The summed E-state index contributed by atoms with van der Waals surface area (Å²) in [7, 11) is 0. The van der Waals surface area contributed by atoms with E-state index in [1.807, 2.05) is 6.92 Å². The number of benzene rings is 2. The summed E-state index contributed by atoms with van der Waals surface area (Å²) in [5.41, 5.74) is 3.12. The second-order valence-corrected chi connectivity index (χ2v) is 14.9. The lowest BCUT2D eigenvalue weighted by atomic mass is 9.91. The van der Waals surface area contributed by atoms with Gasteiger partial charge in [-0.05, 0) is 65.9 Å². The number of urea groups is 1. The van der Waals surface area contributed by atoms with Crippen molar-refractivity contribution >= 4 is 34.9 Å². The molecule has 6 aromatic rings. The van der Waals surface area contributed by atoms with Crippen molar-refractivity contribution in [2.45, 2.75) is 69.0 Å². The minimum atomic E-state index is -5.40. The van der Waals surface area contributed by atoms with Crippen LogP contribution in [0.4, 0.5) is 29.7 Å². The van der Waals surface area contributed by atoms with E-state index in [4.69, 9.17) is 19.2 Å². The average molecular weight is 875 g/mol. The molecule has 22 heteroatoms. The molecule has 0 bridgehead atoms. The Labute approximate surface area is 355 Å². The third-order valence-corrected chi connectivity index (χ3v) is 10.8. The molecule has 2 saturated heterocycles. The minimum Gasteiger partial charge on any atom is -0.508 e. The summed E-state index contributed by atoms with van der Waals surface area (Å²) in [5.74, 6) is -2.45. The summed E-state index contributed by atoms with van der Waals surface area (Å²) in [6.07, 6.45) is -5.85. The van der Waals surface area contributed by atoms with Crippen molar-refractivity contribution in [3.8, 4) is 11.5 Å². The number of hydrogen-bond acceptors (Lipinski definition) is 16. The van der Waals surface area contributed by atoms with E-state index >= 15 is 0 Å². The first-order chi connectivity index (χ1) is 30.3. The zero-order chi connectivity index (χ0) is 44.4. The average Bonchev–Trinajstić information content (AvgIpc) is 4.10. The molecule has 63 heavy (non-hydrogen) atoms. The van der Waals surface area contributed by atoms with Crippen molar-refractivity contribution in [2.24, 2.45) is 0 Å². The predicted octanol–water partition coefficient (Wildman–Crippen LogP) is 4.23. The number of carbonyl (C=O) groups is 2. The van der Waals surface area contributed by atoms with Crippen LogP contribution in [0, 0.1) is 0 Å². The van der Waals surface area contributed by atoms with E-state index in [0.29, 0.717) is 22.7 Å². The number of aliphatic hydroxyl groups is 2. The number of anilines is 2. The summed E-state index contributed by atoms with van der Waals surface area (Å²) in [6.45, 7) is 1.83. The molecule has 4 aromatic heterocycles. The monoisotopic (exact) mass is 874 g/mol. The summed E-state index contributed by atoms with van der Waals surface area (Å²) in [6, 6.07) is 15.8.